The molecule has 2 rings (SSSR count). The van der Waals surface area contributed by atoms with Crippen molar-refractivity contribution in [1.29, 1.82) is 0 Å². The second-order valence-corrected chi connectivity index (χ2v) is 6.86. The minimum Gasteiger partial charge on any atom is -0.371 e. The first-order chi connectivity index (χ1) is 8.96. The second kappa shape index (κ2) is 6.15. The van der Waals surface area contributed by atoms with Crippen LogP contribution in [0.3, 0.4) is 0 Å². The summed E-state index contributed by atoms with van der Waals surface area (Å²) < 4.78 is 0. The normalized spacial score (nSPS) is 16.7. The fourth-order valence-corrected chi connectivity index (χ4v) is 2.64. The van der Waals surface area contributed by atoms with Crippen molar-refractivity contribution in [3.8, 4) is 0 Å². The molecule has 0 aliphatic carbocycles. The Morgan fingerprint density at radius 2 is 1.84 bits per heavy atom. The van der Waals surface area contributed by atoms with Gasteiger partial charge in [0.2, 0.25) is 0 Å². The molecule has 1 aliphatic rings. The van der Waals surface area contributed by atoms with Gasteiger partial charge in [-0.1, -0.05) is 17.7 Å². The van der Waals surface area contributed by atoms with Crippen LogP contribution in [0.4, 0.5) is 5.69 Å². The average molecular weight is 281 g/mol. The van der Waals surface area contributed by atoms with Gasteiger partial charge in [-0.05, 0) is 57.7 Å². The lowest BCUT2D eigenvalue weighted by atomic mass is 10.0. The smallest absolute Gasteiger partial charge is 0.0426 e. The van der Waals surface area contributed by atoms with Crippen molar-refractivity contribution in [1.82, 2.24) is 5.32 Å². The highest BCUT2D eigenvalue weighted by molar-refractivity contribution is 6.30. The maximum absolute atomic E-state index is 6.18. The van der Waals surface area contributed by atoms with Gasteiger partial charge in [0, 0.05) is 35.9 Å². The van der Waals surface area contributed by atoms with Gasteiger partial charge in [-0.2, -0.15) is 0 Å². The van der Waals surface area contributed by atoms with Gasteiger partial charge in [0.05, 0.1) is 0 Å². The largest absolute Gasteiger partial charge is 0.371 e. The number of hydrogen-bond acceptors (Lipinski definition) is 2. The summed E-state index contributed by atoms with van der Waals surface area (Å²) in [5.41, 5.74) is 2.80. The third-order valence-corrected chi connectivity index (χ3v) is 3.79. The number of rotatable bonds is 3. The molecule has 0 unspecified atom stereocenters. The van der Waals surface area contributed by atoms with E-state index in [1.54, 1.807) is 0 Å². The van der Waals surface area contributed by atoms with Crippen molar-refractivity contribution in [2.75, 3.05) is 18.0 Å². The first kappa shape index (κ1) is 14.7. The average Bonchev–Trinajstić information content (AvgIpc) is 2.37. The number of anilines is 1. The molecule has 106 valence electrons. The molecule has 1 saturated heterocycles. The highest BCUT2D eigenvalue weighted by atomic mass is 35.5. The molecule has 1 heterocycles. The summed E-state index contributed by atoms with van der Waals surface area (Å²) in [7, 11) is 0. The quantitative estimate of drug-likeness (QED) is 0.892. The van der Waals surface area contributed by atoms with Gasteiger partial charge in [-0.3, -0.25) is 0 Å². The fourth-order valence-electron chi connectivity index (χ4n) is 2.48. The SMILES string of the molecule is CC(C)(C)NCc1ccc(Cl)cc1N1CCCCC1. The van der Waals surface area contributed by atoms with Crippen molar-refractivity contribution in [2.45, 2.75) is 52.1 Å². The molecule has 0 bridgehead atoms. The Kier molecular flexibility index (Phi) is 4.75. The van der Waals surface area contributed by atoms with Crippen LogP contribution in [0.1, 0.15) is 45.6 Å². The first-order valence-electron chi connectivity index (χ1n) is 7.24. The number of benzene rings is 1. The highest BCUT2D eigenvalue weighted by Crippen LogP contribution is 2.28. The minimum atomic E-state index is 0.138. The molecule has 0 atom stereocenters. The maximum Gasteiger partial charge on any atom is 0.0426 e. The van der Waals surface area contributed by atoms with E-state index in [1.807, 2.05) is 6.07 Å². The van der Waals surface area contributed by atoms with E-state index in [1.165, 1.54) is 30.5 Å². The summed E-state index contributed by atoms with van der Waals surface area (Å²) in [6.07, 6.45) is 3.93. The minimum absolute atomic E-state index is 0.138. The van der Waals surface area contributed by atoms with Gasteiger partial charge in [0.25, 0.3) is 0 Å². The number of nitrogens with zero attached hydrogens (tertiary/aromatic N) is 1. The Bertz CT molecular complexity index is 417. The van der Waals surface area contributed by atoms with Gasteiger partial charge < -0.3 is 10.2 Å². The Morgan fingerprint density at radius 1 is 1.16 bits per heavy atom. The highest BCUT2D eigenvalue weighted by Gasteiger charge is 2.16. The van der Waals surface area contributed by atoms with Crippen LogP contribution in [-0.4, -0.2) is 18.6 Å². The molecule has 1 N–H and O–H groups in total. The van der Waals surface area contributed by atoms with Gasteiger partial charge in [0.1, 0.15) is 0 Å². The summed E-state index contributed by atoms with van der Waals surface area (Å²) in [4.78, 5) is 2.48. The Hall–Kier alpha value is -0.730. The van der Waals surface area contributed by atoms with E-state index in [-0.39, 0.29) is 5.54 Å². The van der Waals surface area contributed by atoms with Crippen LogP contribution in [0, 0.1) is 0 Å². The Morgan fingerprint density at radius 3 is 2.47 bits per heavy atom. The molecule has 1 aliphatic heterocycles. The molecule has 0 aromatic heterocycles. The molecule has 19 heavy (non-hydrogen) atoms. The summed E-state index contributed by atoms with van der Waals surface area (Å²) in [6, 6.07) is 6.27. The van der Waals surface area contributed by atoms with E-state index in [0.717, 1.165) is 24.7 Å². The van der Waals surface area contributed by atoms with Crippen LogP contribution >= 0.6 is 11.6 Å². The van der Waals surface area contributed by atoms with Crippen molar-refractivity contribution in [3.05, 3.63) is 28.8 Å². The van der Waals surface area contributed by atoms with Crippen molar-refractivity contribution in [3.63, 3.8) is 0 Å². The zero-order valence-corrected chi connectivity index (χ0v) is 13.1. The van der Waals surface area contributed by atoms with E-state index in [4.69, 9.17) is 11.6 Å². The third kappa shape index (κ3) is 4.39. The molecule has 1 fully saturated rings. The standard InChI is InChI=1S/C16H25ClN2/c1-16(2,3)18-12-13-7-8-14(17)11-15(13)19-9-5-4-6-10-19/h7-8,11,18H,4-6,9-10,12H2,1-3H3. The van der Waals surface area contributed by atoms with Crippen molar-refractivity contribution >= 4 is 17.3 Å². The fraction of sp³-hybridized carbons (Fsp3) is 0.625. The summed E-state index contributed by atoms with van der Waals surface area (Å²) >= 11 is 6.18. The van der Waals surface area contributed by atoms with Crippen molar-refractivity contribution < 1.29 is 0 Å². The molecule has 0 spiro atoms. The third-order valence-electron chi connectivity index (χ3n) is 3.55. The molecular formula is C16H25ClN2. The van der Waals surface area contributed by atoms with Gasteiger partial charge in [-0.15, -0.1) is 0 Å². The molecule has 1 aromatic rings. The number of hydrogen-bond donors (Lipinski definition) is 1. The molecule has 3 heteroatoms. The number of nitrogens with one attached hydrogen (secondary N) is 1. The zero-order chi connectivity index (χ0) is 13.9. The number of halogens is 1. The Labute approximate surface area is 122 Å². The van der Waals surface area contributed by atoms with E-state index in [0.29, 0.717) is 0 Å². The predicted octanol–water partition coefficient (Wildman–Crippen LogP) is 4.22. The van der Waals surface area contributed by atoms with Crippen LogP contribution in [0.5, 0.6) is 0 Å². The molecule has 0 radical (unpaired) electrons. The zero-order valence-electron chi connectivity index (χ0n) is 12.3. The Balaban J connectivity index is 2.17. The molecule has 1 aromatic carbocycles. The van der Waals surface area contributed by atoms with E-state index >= 15 is 0 Å². The van der Waals surface area contributed by atoms with Gasteiger partial charge >= 0.3 is 0 Å². The predicted molar refractivity (Wildman–Crippen MR) is 84.1 cm³/mol. The molecule has 0 amide bonds. The summed E-state index contributed by atoms with van der Waals surface area (Å²) in [6.45, 7) is 9.80. The second-order valence-electron chi connectivity index (χ2n) is 6.42. The van der Waals surface area contributed by atoms with E-state index in [2.05, 4.69) is 43.1 Å². The van der Waals surface area contributed by atoms with E-state index < -0.39 is 0 Å². The number of piperidine rings is 1. The lowest BCUT2D eigenvalue weighted by molar-refractivity contribution is 0.424. The molecular weight excluding hydrogens is 256 g/mol. The first-order valence-corrected chi connectivity index (χ1v) is 7.62. The van der Waals surface area contributed by atoms with E-state index in [9.17, 15) is 0 Å². The van der Waals surface area contributed by atoms with Crippen LogP contribution in [0.2, 0.25) is 5.02 Å². The summed E-state index contributed by atoms with van der Waals surface area (Å²) in [5, 5.41) is 4.40. The van der Waals surface area contributed by atoms with Crippen LogP contribution in [-0.2, 0) is 6.54 Å². The van der Waals surface area contributed by atoms with Crippen LogP contribution < -0.4 is 10.2 Å². The van der Waals surface area contributed by atoms with Gasteiger partial charge in [0.15, 0.2) is 0 Å². The topological polar surface area (TPSA) is 15.3 Å². The molecule has 2 nitrogen and oxygen atoms in total. The van der Waals surface area contributed by atoms with Crippen molar-refractivity contribution in [2.24, 2.45) is 0 Å². The van der Waals surface area contributed by atoms with Crippen LogP contribution in [0.15, 0.2) is 18.2 Å². The lowest BCUT2D eigenvalue weighted by Crippen LogP contribution is -2.36. The van der Waals surface area contributed by atoms with Gasteiger partial charge in [-0.25, -0.2) is 0 Å². The molecule has 0 saturated carbocycles. The monoisotopic (exact) mass is 280 g/mol. The maximum atomic E-state index is 6.18. The lowest BCUT2D eigenvalue weighted by Gasteiger charge is -2.31. The van der Waals surface area contributed by atoms with Crippen LogP contribution in [0.25, 0.3) is 0 Å². The summed E-state index contributed by atoms with van der Waals surface area (Å²) in [5.74, 6) is 0.